The largest absolute Gasteiger partial charge is 0.466 e. The zero-order valence-corrected chi connectivity index (χ0v) is 12.1. The number of hydrogen-bond donors (Lipinski definition) is 3. The highest BCUT2D eigenvalue weighted by Crippen LogP contribution is 2.34. The van der Waals surface area contributed by atoms with E-state index in [9.17, 15) is 9.36 Å². The fourth-order valence-corrected chi connectivity index (χ4v) is 1.41. The maximum atomic E-state index is 10.2. The Balaban J connectivity index is 0. The van der Waals surface area contributed by atoms with Crippen LogP contribution in [0.25, 0.3) is 0 Å². The lowest BCUT2D eigenvalue weighted by Crippen LogP contribution is -2.02. The molecule has 0 radical (unpaired) electrons. The molecule has 0 amide bonds. The average molecular weight is 291 g/mol. The lowest BCUT2D eigenvalue weighted by atomic mass is 10.4. The molecule has 0 saturated heterocycles. The topological polar surface area (TPSA) is 110 Å². The fraction of sp³-hybridized carbons (Fsp3) is 0.417. The molecular formula is C12H22NO5P. The van der Waals surface area contributed by atoms with E-state index >= 15 is 0 Å². The summed E-state index contributed by atoms with van der Waals surface area (Å²) in [5, 5.41) is 0. The maximum Gasteiger partial charge on any atom is 0.325 e. The number of carbonyl (C=O) groups is 1. The predicted molar refractivity (Wildman–Crippen MR) is 74.7 cm³/mol. The molecule has 0 atom stereocenters. The van der Waals surface area contributed by atoms with Gasteiger partial charge in [0.05, 0.1) is 12.8 Å². The van der Waals surface area contributed by atoms with E-state index in [2.05, 4.69) is 10.5 Å². The minimum Gasteiger partial charge on any atom is -0.466 e. The highest BCUT2D eigenvalue weighted by molar-refractivity contribution is 7.51. The Morgan fingerprint density at radius 1 is 1.11 bits per heavy atom. The van der Waals surface area contributed by atoms with Crippen molar-refractivity contribution in [1.82, 2.24) is 0 Å². The number of esters is 1. The molecule has 0 aliphatic heterocycles. The van der Waals surface area contributed by atoms with Gasteiger partial charge in [-0.3, -0.25) is 9.36 Å². The number of benzene rings is 1. The molecule has 1 rings (SSSR count). The van der Waals surface area contributed by atoms with E-state index in [4.69, 9.17) is 9.79 Å². The maximum absolute atomic E-state index is 10.2. The van der Waals surface area contributed by atoms with Crippen LogP contribution in [-0.2, 0) is 14.1 Å². The molecule has 0 aliphatic carbocycles. The van der Waals surface area contributed by atoms with Crippen LogP contribution in [0, 0.1) is 0 Å². The van der Waals surface area contributed by atoms with Crippen molar-refractivity contribution < 1.29 is 23.9 Å². The summed E-state index contributed by atoms with van der Waals surface area (Å²) in [6.45, 7) is 1.32. The van der Waals surface area contributed by atoms with Crippen LogP contribution < -0.4 is 5.73 Å². The number of carbonyl (C=O) groups excluding carboxylic acids is 1. The molecule has 0 bridgehead atoms. The van der Waals surface area contributed by atoms with Crippen LogP contribution in [0.4, 0.5) is 0 Å². The minimum atomic E-state index is -3.92. The first-order valence-electron chi connectivity index (χ1n) is 5.67. The summed E-state index contributed by atoms with van der Waals surface area (Å²) in [4.78, 5) is 26.9. The number of ether oxygens (including phenoxy) is 1. The van der Waals surface area contributed by atoms with Crippen molar-refractivity contribution in [2.75, 3.05) is 19.8 Å². The van der Waals surface area contributed by atoms with Gasteiger partial charge in [0.1, 0.15) is 0 Å². The molecule has 0 unspecified atom stereocenters. The standard InChI is InChI=1S/C6H6.C5H11O5P.CH5N/c1-2-4-6-5-3-1;1-5(6)10-3-2-4-11(7,8)9;1-2/h1-6H;2-4H2,1H3,(H2,7,8,9);2H2,1H3. The van der Waals surface area contributed by atoms with Crippen molar-refractivity contribution in [2.24, 2.45) is 5.73 Å². The van der Waals surface area contributed by atoms with Crippen molar-refractivity contribution >= 4 is 13.6 Å². The van der Waals surface area contributed by atoms with Crippen molar-refractivity contribution in [3.05, 3.63) is 36.4 Å². The molecule has 6 nitrogen and oxygen atoms in total. The van der Waals surface area contributed by atoms with E-state index in [-0.39, 0.29) is 19.2 Å². The van der Waals surface area contributed by atoms with Gasteiger partial charge in [0, 0.05) is 6.92 Å². The van der Waals surface area contributed by atoms with E-state index in [0.717, 1.165) is 0 Å². The quantitative estimate of drug-likeness (QED) is 0.439. The zero-order valence-electron chi connectivity index (χ0n) is 11.2. The van der Waals surface area contributed by atoms with Crippen LogP contribution in [0.5, 0.6) is 0 Å². The lowest BCUT2D eigenvalue weighted by Gasteiger charge is -2.02. The van der Waals surface area contributed by atoms with Gasteiger partial charge in [-0.15, -0.1) is 0 Å². The van der Waals surface area contributed by atoms with Crippen LogP contribution in [0.15, 0.2) is 36.4 Å². The van der Waals surface area contributed by atoms with Gasteiger partial charge < -0.3 is 20.3 Å². The second-order valence-electron chi connectivity index (χ2n) is 3.24. The van der Waals surface area contributed by atoms with Crippen LogP contribution in [0.1, 0.15) is 13.3 Å². The summed E-state index contributed by atoms with van der Waals surface area (Å²) >= 11 is 0. The van der Waals surface area contributed by atoms with Gasteiger partial charge >= 0.3 is 13.6 Å². The van der Waals surface area contributed by atoms with Crippen molar-refractivity contribution in [2.45, 2.75) is 13.3 Å². The Hall–Kier alpha value is -1.20. The third kappa shape index (κ3) is 22.5. The van der Waals surface area contributed by atoms with E-state index in [0.29, 0.717) is 0 Å². The van der Waals surface area contributed by atoms with E-state index in [1.165, 1.54) is 14.0 Å². The monoisotopic (exact) mass is 291 g/mol. The highest BCUT2D eigenvalue weighted by atomic mass is 31.2. The fourth-order valence-electron chi connectivity index (χ4n) is 0.871. The van der Waals surface area contributed by atoms with Gasteiger partial charge in [0.15, 0.2) is 0 Å². The molecule has 110 valence electrons. The summed E-state index contributed by atoms with van der Waals surface area (Å²) in [5.41, 5.74) is 4.50. The Kier molecular flexibility index (Phi) is 14.0. The van der Waals surface area contributed by atoms with Crippen molar-refractivity contribution in [1.29, 1.82) is 0 Å². The van der Waals surface area contributed by atoms with Gasteiger partial charge in [-0.05, 0) is 13.5 Å². The van der Waals surface area contributed by atoms with E-state index < -0.39 is 13.6 Å². The molecule has 7 heteroatoms. The number of nitrogens with two attached hydrogens (primary N) is 1. The molecule has 0 aliphatic rings. The molecule has 0 saturated carbocycles. The van der Waals surface area contributed by atoms with Crippen molar-refractivity contribution in [3.63, 3.8) is 0 Å². The van der Waals surface area contributed by atoms with E-state index in [1.807, 2.05) is 36.4 Å². The first-order valence-corrected chi connectivity index (χ1v) is 7.47. The average Bonchev–Trinajstić information content (AvgIpc) is 2.39. The lowest BCUT2D eigenvalue weighted by molar-refractivity contribution is -0.140. The van der Waals surface area contributed by atoms with Crippen LogP contribution >= 0.6 is 7.60 Å². The van der Waals surface area contributed by atoms with Crippen molar-refractivity contribution in [3.8, 4) is 0 Å². The Bertz CT molecular complexity index is 326. The molecular weight excluding hydrogens is 269 g/mol. The molecule has 0 aromatic heterocycles. The van der Waals surface area contributed by atoms with Gasteiger partial charge in [-0.2, -0.15) is 0 Å². The molecule has 4 N–H and O–H groups in total. The molecule has 0 heterocycles. The minimum absolute atomic E-state index is 0.0699. The van der Waals surface area contributed by atoms with Gasteiger partial charge in [0.2, 0.25) is 0 Å². The summed E-state index contributed by atoms with van der Waals surface area (Å²) < 4.78 is 14.7. The first kappa shape index (κ1) is 20.1. The van der Waals surface area contributed by atoms with Gasteiger partial charge in [0.25, 0.3) is 0 Å². The summed E-state index contributed by atoms with van der Waals surface area (Å²) in [5.74, 6) is -0.435. The van der Waals surface area contributed by atoms with Gasteiger partial charge in [-0.25, -0.2) is 0 Å². The third-order valence-corrected chi connectivity index (χ3v) is 2.46. The normalized spacial score (nSPS) is 9.32. The second kappa shape index (κ2) is 13.2. The Morgan fingerprint density at radius 3 is 1.74 bits per heavy atom. The SMILES string of the molecule is CC(=O)OCCCP(=O)(O)O.CN.c1ccccc1. The van der Waals surface area contributed by atoms with Crippen LogP contribution in [-0.4, -0.2) is 35.6 Å². The predicted octanol–water partition coefficient (Wildman–Crippen LogP) is 1.38. The summed E-state index contributed by atoms with van der Waals surface area (Å²) in [7, 11) is -2.42. The molecule has 19 heavy (non-hydrogen) atoms. The van der Waals surface area contributed by atoms with Crippen LogP contribution in [0.2, 0.25) is 0 Å². The summed E-state index contributed by atoms with van der Waals surface area (Å²) in [6, 6.07) is 12.0. The molecule has 0 fully saturated rings. The van der Waals surface area contributed by atoms with Crippen LogP contribution in [0.3, 0.4) is 0 Å². The smallest absolute Gasteiger partial charge is 0.325 e. The zero-order chi connectivity index (χ0) is 15.1. The highest BCUT2D eigenvalue weighted by Gasteiger charge is 2.11. The molecule has 0 spiro atoms. The molecule has 1 aromatic rings. The Morgan fingerprint density at radius 2 is 1.47 bits per heavy atom. The second-order valence-corrected chi connectivity index (χ2v) is 5.01. The third-order valence-electron chi connectivity index (χ3n) is 1.57. The van der Waals surface area contributed by atoms with Gasteiger partial charge in [-0.1, -0.05) is 36.4 Å². The summed E-state index contributed by atoms with van der Waals surface area (Å²) in [6.07, 6.45) is -0.0376. The number of hydrogen-bond acceptors (Lipinski definition) is 4. The van der Waals surface area contributed by atoms with E-state index in [1.54, 1.807) is 0 Å². The number of rotatable bonds is 4. The first-order chi connectivity index (χ1) is 8.92. The Labute approximate surface area is 113 Å². The molecule has 1 aromatic carbocycles.